The summed E-state index contributed by atoms with van der Waals surface area (Å²) in [6.07, 6.45) is 16.1. The summed E-state index contributed by atoms with van der Waals surface area (Å²) in [5.41, 5.74) is 7.58. The average Bonchev–Trinajstić information content (AvgIpc) is 3.08. The second-order valence-corrected chi connectivity index (χ2v) is 12.2. The molecule has 0 aliphatic heterocycles. The molecule has 0 aliphatic carbocycles. The van der Waals surface area contributed by atoms with Crippen LogP contribution in [0.4, 0.5) is 11.4 Å². The van der Waals surface area contributed by atoms with Gasteiger partial charge in [-0.25, -0.2) is 0 Å². The van der Waals surface area contributed by atoms with Crippen molar-refractivity contribution in [2.24, 2.45) is 0 Å². The predicted octanol–water partition coefficient (Wildman–Crippen LogP) is 12.0. The minimum absolute atomic E-state index is 0.698. The van der Waals surface area contributed by atoms with Crippen LogP contribution in [0.15, 0.2) is 48.5 Å². The number of unbranched alkanes of at least 4 members (excludes halogenated alkanes) is 9. The van der Waals surface area contributed by atoms with Crippen molar-refractivity contribution in [2.45, 2.75) is 132 Å². The van der Waals surface area contributed by atoms with Gasteiger partial charge < -0.3 is 25.0 Å². The van der Waals surface area contributed by atoms with E-state index in [9.17, 15) is 0 Å². The molecule has 0 atom stereocenters. The predicted molar refractivity (Wildman–Crippen MR) is 212 cm³/mol. The quantitative estimate of drug-likeness (QED) is 0.0750. The van der Waals surface area contributed by atoms with Gasteiger partial charge in [0.2, 0.25) is 0 Å². The maximum Gasteiger partial charge on any atom is 0.119 e. The molecule has 2 N–H and O–H groups in total. The van der Waals surface area contributed by atoms with E-state index in [1.807, 2.05) is 38.1 Å². The summed E-state index contributed by atoms with van der Waals surface area (Å²) in [6, 6.07) is 16.0. The molecule has 0 fully saturated rings. The second-order valence-electron chi connectivity index (χ2n) is 11.4. The summed E-state index contributed by atoms with van der Waals surface area (Å²) in [7, 11) is 0. The number of nitrogen functional groups attached to an aromatic ring is 1. The van der Waals surface area contributed by atoms with E-state index in [2.05, 4.69) is 91.5 Å². The Morgan fingerprint density at radius 2 is 0.913 bits per heavy atom. The topological polar surface area (TPSA) is 51.0 Å². The summed E-state index contributed by atoms with van der Waals surface area (Å²) in [4.78, 5) is 4.93. The van der Waals surface area contributed by atoms with E-state index in [1.165, 1.54) is 121 Å². The van der Waals surface area contributed by atoms with E-state index >= 15 is 0 Å². The smallest absolute Gasteiger partial charge is 0.119 e. The second kappa shape index (κ2) is 35.9. The number of rotatable bonds is 22. The van der Waals surface area contributed by atoms with E-state index in [4.69, 9.17) is 15.2 Å². The van der Waals surface area contributed by atoms with E-state index in [1.54, 1.807) is 0 Å². The molecular formula is C40H74BrN3O2. The normalized spacial score (nSPS) is 10.1. The lowest BCUT2D eigenvalue weighted by molar-refractivity contribution is 0.321. The molecule has 2 aromatic carbocycles. The van der Waals surface area contributed by atoms with Crippen molar-refractivity contribution in [2.75, 3.05) is 61.9 Å². The fourth-order valence-electron chi connectivity index (χ4n) is 4.67. The number of nitrogens with two attached hydrogens (primary N) is 1. The van der Waals surface area contributed by atoms with Gasteiger partial charge in [0, 0.05) is 29.8 Å². The molecule has 0 saturated carbocycles. The average molecular weight is 709 g/mol. The fourth-order valence-corrected chi connectivity index (χ4v) is 5.07. The number of alkyl halides is 1. The number of halogens is 1. The molecule has 0 heterocycles. The highest BCUT2D eigenvalue weighted by Crippen LogP contribution is 2.21. The van der Waals surface area contributed by atoms with Crippen molar-refractivity contribution in [3.05, 3.63) is 48.5 Å². The van der Waals surface area contributed by atoms with Crippen molar-refractivity contribution < 1.29 is 9.47 Å². The van der Waals surface area contributed by atoms with Gasteiger partial charge in [0.05, 0.1) is 13.2 Å². The number of anilines is 2. The fraction of sp³-hybridized carbons (Fsp3) is 0.700. The third kappa shape index (κ3) is 28.3. The van der Waals surface area contributed by atoms with Crippen LogP contribution in [-0.2, 0) is 0 Å². The Hall–Kier alpha value is -1.92. The Morgan fingerprint density at radius 1 is 0.522 bits per heavy atom. The Bertz CT molecular complexity index is 823. The number of hydrogen-bond donors (Lipinski definition) is 1. The third-order valence-corrected chi connectivity index (χ3v) is 8.16. The van der Waals surface area contributed by atoms with Crippen LogP contribution in [0.3, 0.4) is 0 Å². The molecule has 6 heteroatoms. The number of ether oxygens (including phenoxy) is 2. The zero-order valence-electron chi connectivity index (χ0n) is 31.4. The lowest BCUT2D eigenvalue weighted by Crippen LogP contribution is -2.25. The highest BCUT2D eigenvalue weighted by Gasteiger charge is 2.06. The van der Waals surface area contributed by atoms with Gasteiger partial charge in [-0.15, -0.1) is 0 Å². The zero-order chi connectivity index (χ0) is 34.7. The van der Waals surface area contributed by atoms with Crippen LogP contribution >= 0.6 is 15.9 Å². The Balaban J connectivity index is 0. The maximum atomic E-state index is 5.55. The lowest BCUT2D eigenvalue weighted by atomic mass is 10.1. The summed E-state index contributed by atoms with van der Waals surface area (Å²) < 4.78 is 10.8. The Kier molecular flexibility index (Phi) is 36.1. The molecule has 0 saturated heterocycles. The SMILES string of the molecule is CCCCCCBr.CCCCCCN(CCCCCC)c1ccc(OCC)cc1.CCN(CC)CC.CCOc1ccc(N)cc1. The zero-order valence-corrected chi connectivity index (χ0v) is 33.0. The van der Waals surface area contributed by atoms with Crippen molar-refractivity contribution in [1.29, 1.82) is 0 Å². The molecule has 2 aromatic rings. The molecule has 46 heavy (non-hydrogen) atoms. The third-order valence-electron chi connectivity index (χ3n) is 7.60. The summed E-state index contributed by atoms with van der Waals surface area (Å²) in [6.45, 7) is 24.7. The first-order valence-corrected chi connectivity index (χ1v) is 19.8. The summed E-state index contributed by atoms with van der Waals surface area (Å²) in [5.74, 6) is 1.85. The molecule has 2 rings (SSSR count). The highest BCUT2D eigenvalue weighted by atomic mass is 79.9. The van der Waals surface area contributed by atoms with Crippen LogP contribution in [0.2, 0.25) is 0 Å². The molecule has 0 aromatic heterocycles. The number of nitrogens with zero attached hydrogens (tertiary/aromatic N) is 2. The van der Waals surface area contributed by atoms with Gasteiger partial charge in [-0.2, -0.15) is 0 Å². The monoisotopic (exact) mass is 707 g/mol. The van der Waals surface area contributed by atoms with E-state index in [0.717, 1.165) is 23.8 Å². The number of benzene rings is 2. The van der Waals surface area contributed by atoms with Crippen LogP contribution in [0.1, 0.15) is 132 Å². The first-order valence-electron chi connectivity index (χ1n) is 18.6. The van der Waals surface area contributed by atoms with Crippen LogP contribution in [0.25, 0.3) is 0 Å². The van der Waals surface area contributed by atoms with Crippen molar-refractivity contribution in [3.63, 3.8) is 0 Å². The molecular weight excluding hydrogens is 634 g/mol. The van der Waals surface area contributed by atoms with Gasteiger partial charge >= 0.3 is 0 Å². The molecule has 0 bridgehead atoms. The molecule has 5 nitrogen and oxygen atoms in total. The van der Waals surface area contributed by atoms with Crippen molar-refractivity contribution >= 4 is 27.3 Å². The molecule has 0 radical (unpaired) electrons. The Morgan fingerprint density at radius 3 is 1.24 bits per heavy atom. The largest absolute Gasteiger partial charge is 0.494 e. The first-order chi connectivity index (χ1) is 22.4. The highest BCUT2D eigenvalue weighted by molar-refractivity contribution is 9.09. The molecule has 0 spiro atoms. The van der Waals surface area contributed by atoms with Crippen LogP contribution < -0.4 is 20.1 Å². The minimum Gasteiger partial charge on any atom is -0.494 e. The molecule has 0 amide bonds. The van der Waals surface area contributed by atoms with Crippen molar-refractivity contribution in [3.8, 4) is 11.5 Å². The minimum atomic E-state index is 0.698. The van der Waals surface area contributed by atoms with Crippen LogP contribution in [-0.4, -0.2) is 56.2 Å². The van der Waals surface area contributed by atoms with Gasteiger partial charge in [-0.05, 0) is 101 Å². The standard InChI is InChI=1S/C20H35NO.C8H11NO.C6H13Br.C6H15N/c1-4-7-9-11-17-21(18-12-10-8-5-2)19-13-15-20(16-14-19)22-6-3;1-2-10-8-5-3-7(9)4-6-8;1-2-3-4-5-6-7;1-4-7(5-2)6-3/h13-16H,4-12,17-18H2,1-3H3;3-6H,2,9H2,1H3;2-6H2,1H3;4-6H2,1-3H3. The van der Waals surface area contributed by atoms with Crippen molar-refractivity contribution in [1.82, 2.24) is 4.90 Å². The summed E-state index contributed by atoms with van der Waals surface area (Å²) >= 11 is 3.38. The summed E-state index contributed by atoms with van der Waals surface area (Å²) in [5, 5.41) is 1.17. The Labute approximate surface area is 295 Å². The van der Waals surface area contributed by atoms with Crippen LogP contribution in [0, 0.1) is 0 Å². The lowest BCUT2D eigenvalue weighted by Gasteiger charge is -2.25. The molecule has 0 aliphatic rings. The van der Waals surface area contributed by atoms with Gasteiger partial charge in [0.15, 0.2) is 0 Å². The number of hydrogen-bond acceptors (Lipinski definition) is 5. The molecule has 268 valence electrons. The molecule has 0 unspecified atom stereocenters. The maximum absolute atomic E-state index is 5.55. The van der Waals surface area contributed by atoms with Crippen LogP contribution in [0.5, 0.6) is 11.5 Å². The van der Waals surface area contributed by atoms with Gasteiger partial charge in [-0.3, -0.25) is 0 Å². The van der Waals surface area contributed by atoms with E-state index in [0.29, 0.717) is 6.61 Å². The van der Waals surface area contributed by atoms with E-state index in [-0.39, 0.29) is 0 Å². The van der Waals surface area contributed by atoms with E-state index < -0.39 is 0 Å². The van der Waals surface area contributed by atoms with Gasteiger partial charge in [0.25, 0.3) is 0 Å². The first kappa shape index (κ1) is 46.2. The van der Waals surface area contributed by atoms with Gasteiger partial charge in [-0.1, -0.05) is 115 Å². The van der Waals surface area contributed by atoms with Gasteiger partial charge in [0.1, 0.15) is 11.5 Å².